The first-order chi connectivity index (χ1) is 21.9. The highest BCUT2D eigenvalue weighted by Gasteiger charge is 2.47. The molecule has 0 N–H and O–H groups in total. The molecule has 2 atom stereocenters. The van der Waals surface area contributed by atoms with Gasteiger partial charge in [-0.1, -0.05) is 18.2 Å². The number of hydrogen-bond donors (Lipinski definition) is 0. The first-order valence-corrected chi connectivity index (χ1v) is 15.5. The molecule has 4 heterocycles. The van der Waals surface area contributed by atoms with Crippen LogP contribution in [0.1, 0.15) is 66.6 Å². The van der Waals surface area contributed by atoms with Crippen LogP contribution in [0.15, 0.2) is 42.6 Å². The Morgan fingerprint density at radius 2 is 1.94 bits per heavy atom. The van der Waals surface area contributed by atoms with Crippen LogP contribution in [0.2, 0.25) is 0 Å². The minimum Gasteiger partial charge on any atom is -0.444 e. The third-order valence-corrected chi connectivity index (χ3v) is 8.86. The number of benzene rings is 1. The van der Waals surface area contributed by atoms with Crippen LogP contribution in [-0.4, -0.2) is 62.2 Å². The predicted molar refractivity (Wildman–Crippen MR) is 160 cm³/mol. The number of fused-ring (bicyclic) bond motifs is 1. The lowest BCUT2D eigenvalue weighted by Crippen LogP contribution is -2.40. The van der Waals surface area contributed by atoms with Crippen molar-refractivity contribution in [1.82, 2.24) is 19.6 Å². The molecule has 1 saturated heterocycles. The highest BCUT2D eigenvalue weighted by Crippen LogP contribution is 2.45. The standard InChI is InChI=1S/C32H31F6N5O3S/c1-5-42-15-23(28(40-42)32(36,37)38)27-20(7-6-8-24(27)33)22-14-41(16-25-21(22)11-19(13-39)47-25)26(44)10-9-18-12-31(34,35)17-43(18)29(45)46-30(2,3)4/h6-11,15,18,22H,5,12,14,16-17H2,1-4H3/b10-9+/t18-,22+/m1/s1. The third kappa shape index (κ3) is 7.17. The average molecular weight is 680 g/mol. The maximum Gasteiger partial charge on any atom is 0.435 e. The SMILES string of the molecule is CCn1cc(-c2c(F)cccc2[C@@H]2CN(C(=O)/C=C/[C@@H]3CC(F)(F)CN3C(=O)OC(C)(C)C)Cc3sc(C#N)cc32)c(C(F)(F)F)n1. The van der Waals surface area contributed by atoms with Crippen molar-refractivity contribution in [1.29, 1.82) is 5.26 Å². The lowest BCUT2D eigenvalue weighted by molar-refractivity contribution is -0.141. The van der Waals surface area contributed by atoms with Gasteiger partial charge in [-0.05, 0) is 51.0 Å². The topological polar surface area (TPSA) is 91.5 Å². The van der Waals surface area contributed by atoms with Crippen LogP contribution < -0.4 is 0 Å². The predicted octanol–water partition coefficient (Wildman–Crippen LogP) is 7.34. The first kappa shape index (κ1) is 34.0. The van der Waals surface area contributed by atoms with Crippen LogP contribution in [0, 0.1) is 17.1 Å². The summed E-state index contributed by atoms with van der Waals surface area (Å²) in [6, 6.07) is 6.36. The number of alkyl halides is 5. The second-order valence-corrected chi connectivity index (χ2v) is 13.6. The van der Waals surface area contributed by atoms with Gasteiger partial charge in [0, 0.05) is 53.7 Å². The third-order valence-electron chi connectivity index (χ3n) is 7.82. The molecule has 8 nitrogen and oxygen atoms in total. The minimum atomic E-state index is -4.89. The molecule has 0 aliphatic carbocycles. The first-order valence-electron chi connectivity index (χ1n) is 14.7. The van der Waals surface area contributed by atoms with E-state index in [1.165, 1.54) is 23.1 Å². The number of likely N-dealkylation sites (tertiary alicyclic amines) is 1. The van der Waals surface area contributed by atoms with E-state index in [-0.39, 0.29) is 30.8 Å². The molecule has 1 aromatic carbocycles. The molecule has 250 valence electrons. The molecular weight excluding hydrogens is 648 g/mol. The van der Waals surface area contributed by atoms with Crippen LogP contribution in [0.4, 0.5) is 31.1 Å². The van der Waals surface area contributed by atoms with Crippen LogP contribution in [0.3, 0.4) is 0 Å². The van der Waals surface area contributed by atoms with Gasteiger partial charge in [-0.15, -0.1) is 11.3 Å². The fourth-order valence-electron chi connectivity index (χ4n) is 5.84. The van der Waals surface area contributed by atoms with E-state index in [0.717, 1.165) is 39.3 Å². The van der Waals surface area contributed by atoms with Crippen molar-refractivity contribution in [2.24, 2.45) is 0 Å². The highest BCUT2D eigenvalue weighted by molar-refractivity contribution is 7.12. The number of aryl methyl sites for hydroxylation is 1. The summed E-state index contributed by atoms with van der Waals surface area (Å²) >= 11 is 1.09. The summed E-state index contributed by atoms with van der Waals surface area (Å²) in [6.07, 6.45) is -3.16. The second kappa shape index (κ2) is 12.4. The Bertz CT molecular complexity index is 1770. The van der Waals surface area contributed by atoms with E-state index in [1.807, 2.05) is 6.07 Å². The number of nitriles is 1. The fraction of sp³-hybridized carbons (Fsp3) is 0.438. The molecule has 2 amide bonds. The molecule has 47 heavy (non-hydrogen) atoms. The zero-order valence-electron chi connectivity index (χ0n) is 25.9. The van der Waals surface area contributed by atoms with Gasteiger partial charge in [-0.2, -0.15) is 23.5 Å². The van der Waals surface area contributed by atoms with Crippen LogP contribution in [-0.2, 0) is 28.8 Å². The van der Waals surface area contributed by atoms with Crippen molar-refractivity contribution in [3.63, 3.8) is 0 Å². The van der Waals surface area contributed by atoms with Crippen molar-refractivity contribution in [3.8, 4) is 17.2 Å². The Hall–Kier alpha value is -4.32. The molecule has 0 radical (unpaired) electrons. The molecule has 0 unspecified atom stereocenters. The van der Waals surface area contributed by atoms with E-state index in [0.29, 0.717) is 15.3 Å². The van der Waals surface area contributed by atoms with Gasteiger partial charge >= 0.3 is 12.3 Å². The lowest BCUT2D eigenvalue weighted by Gasteiger charge is -2.33. The molecule has 2 aliphatic rings. The summed E-state index contributed by atoms with van der Waals surface area (Å²) in [5, 5.41) is 13.2. The summed E-state index contributed by atoms with van der Waals surface area (Å²) in [4.78, 5) is 29.3. The largest absolute Gasteiger partial charge is 0.444 e. The number of carbonyl (C=O) groups excluding carboxylic acids is 2. The number of hydrogen-bond acceptors (Lipinski definition) is 6. The molecule has 5 rings (SSSR count). The number of amides is 2. The van der Waals surface area contributed by atoms with Crippen LogP contribution in [0.5, 0.6) is 0 Å². The Labute approximate surface area is 270 Å². The molecule has 0 saturated carbocycles. The summed E-state index contributed by atoms with van der Waals surface area (Å²) in [7, 11) is 0. The average Bonchev–Trinajstić information content (AvgIpc) is 3.68. The maximum absolute atomic E-state index is 15.6. The van der Waals surface area contributed by atoms with Gasteiger partial charge in [0.05, 0.1) is 19.1 Å². The minimum absolute atomic E-state index is 0.0180. The van der Waals surface area contributed by atoms with Gasteiger partial charge in [0.25, 0.3) is 5.92 Å². The number of thiophene rings is 1. The molecule has 0 spiro atoms. The second-order valence-electron chi connectivity index (χ2n) is 12.4. The van der Waals surface area contributed by atoms with E-state index >= 15 is 4.39 Å². The number of halogens is 6. The number of carbonyl (C=O) groups is 2. The molecule has 0 bridgehead atoms. The summed E-state index contributed by atoms with van der Waals surface area (Å²) in [6.45, 7) is 5.50. The zero-order valence-corrected chi connectivity index (χ0v) is 26.7. The van der Waals surface area contributed by atoms with Gasteiger partial charge in [-0.25, -0.2) is 18.0 Å². The molecule has 1 fully saturated rings. The van der Waals surface area contributed by atoms with Gasteiger partial charge < -0.3 is 9.64 Å². The number of nitrogens with zero attached hydrogens (tertiary/aromatic N) is 5. The molecule has 15 heteroatoms. The van der Waals surface area contributed by atoms with Crippen LogP contribution in [0.25, 0.3) is 11.1 Å². The molecule has 2 aromatic heterocycles. The maximum atomic E-state index is 15.6. The lowest BCUT2D eigenvalue weighted by atomic mass is 9.83. The van der Waals surface area contributed by atoms with Crippen molar-refractivity contribution in [2.75, 3.05) is 13.1 Å². The van der Waals surface area contributed by atoms with Gasteiger partial charge in [0.1, 0.15) is 22.4 Å². The number of aromatic nitrogens is 2. The van der Waals surface area contributed by atoms with Crippen LogP contribution >= 0.6 is 11.3 Å². The van der Waals surface area contributed by atoms with Crippen molar-refractivity contribution in [2.45, 2.75) is 76.9 Å². The monoisotopic (exact) mass is 679 g/mol. The summed E-state index contributed by atoms with van der Waals surface area (Å²) in [5.74, 6) is -5.60. The zero-order chi connectivity index (χ0) is 34.5. The molecular formula is C32H31F6N5O3S. The van der Waals surface area contributed by atoms with E-state index < -0.39 is 71.7 Å². The molecule has 3 aromatic rings. The summed E-state index contributed by atoms with van der Waals surface area (Å²) in [5.41, 5.74) is -2.27. The quantitative estimate of drug-likeness (QED) is 0.208. The van der Waals surface area contributed by atoms with E-state index in [4.69, 9.17) is 4.74 Å². The molecule has 2 aliphatic heterocycles. The highest BCUT2D eigenvalue weighted by atomic mass is 32.1. The Morgan fingerprint density at radius 1 is 1.21 bits per heavy atom. The van der Waals surface area contributed by atoms with E-state index in [2.05, 4.69) is 5.10 Å². The van der Waals surface area contributed by atoms with Crippen molar-refractivity contribution < 1.29 is 40.7 Å². The number of ether oxygens (including phenoxy) is 1. The number of rotatable bonds is 5. The van der Waals surface area contributed by atoms with Crippen molar-refractivity contribution >= 4 is 23.3 Å². The Morgan fingerprint density at radius 3 is 2.57 bits per heavy atom. The Kier molecular flexibility index (Phi) is 8.95. The normalized spacial score (nSPS) is 19.6. The fourth-order valence-corrected chi connectivity index (χ4v) is 6.87. The smallest absolute Gasteiger partial charge is 0.435 e. The van der Waals surface area contributed by atoms with Gasteiger partial charge in [0.15, 0.2) is 5.69 Å². The van der Waals surface area contributed by atoms with Gasteiger partial charge in [0.2, 0.25) is 5.91 Å². The van der Waals surface area contributed by atoms with Crippen molar-refractivity contribution in [3.05, 3.63) is 75.0 Å². The van der Waals surface area contributed by atoms with E-state index in [1.54, 1.807) is 33.8 Å². The van der Waals surface area contributed by atoms with E-state index in [9.17, 15) is 36.8 Å². The Balaban J connectivity index is 1.51. The van der Waals surface area contributed by atoms with Gasteiger partial charge in [-0.3, -0.25) is 14.4 Å². The summed E-state index contributed by atoms with van der Waals surface area (Å²) < 4.78 is 93.0.